The molecule has 5 N–H and O–H groups in total. The van der Waals surface area contributed by atoms with E-state index in [0.717, 1.165) is 11.1 Å². The molecule has 1 aliphatic rings. The summed E-state index contributed by atoms with van der Waals surface area (Å²) in [6.07, 6.45) is 4.34. The predicted octanol–water partition coefficient (Wildman–Crippen LogP) is 0.926. The van der Waals surface area contributed by atoms with E-state index >= 15 is 0 Å². The van der Waals surface area contributed by atoms with Crippen LogP contribution in [0.2, 0.25) is 0 Å². The molecule has 1 heterocycles. The normalized spacial score (nSPS) is 16.6. The number of aromatic hydroxyl groups is 1. The Kier molecular flexibility index (Phi) is 4.04. The molecule has 0 saturated heterocycles. The van der Waals surface area contributed by atoms with Crippen LogP contribution >= 0.6 is 0 Å². The van der Waals surface area contributed by atoms with Crippen LogP contribution in [0.25, 0.3) is 5.57 Å². The van der Waals surface area contributed by atoms with Crippen molar-refractivity contribution in [2.45, 2.75) is 12.8 Å². The van der Waals surface area contributed by atoms with Gasteiger partial charge in [0.1, 0.15) is 5.75 Å². The van der Waals surface area contributed by atoms with Gasteiger partial charge in [-0.05, 0) is 59.7 Å². The van der Waals surface area contributed by atoms with Crippen molar-refractivity contribution in [1.29, 1.82) is 0 Å². The van der Waals surface area contributed by atoms with Crippen molar-refractivity contribution >= 4 is 17.4 Å². The van der Waals surface area contributed by atoms with Crippen LogP contribution in [0.5, 0.6) is 5.75 Å². The van der Waals surface area contributed by atoms with Gasteiger partial charge in [-0.1, -0.05) is 6.07 Å². The lowest BCUT2D eigenvalue weighted by Gasteiger charge is -2.28. The molecule has 0 saturated carbocycles. The number of hydrogen-bond acceptors (Lipinski definition) is 4. The average Bonchev–Trinajstić information content (AvgIpc) is 2.53. The number of phenolic OH excluding ortho intramolecular Hbond substituents is 1. The number of carbonyl (C=O) groups is 2. The van der Waals surface area contributed by atoms with Gasteiger partial charge in [-0.15, -0.1) is 0 Å². The topological polar surface area (TPSA) is 119 Å². The highest BCUT2D eigenvalue weighted by Crippen LogP contribution is 2.37. The highest BCUT2D eigenvalue weighted by molar-refractivity contribution is 6.26. The summed E-state index contributed by atoms with van der Waals surface area (Å²) >= 11 is 0. The first-order valence-electron chi connectivity index (χ1n) is 7.52. The second-order valence-corrected chi connectivity index (χ2v) is 5.82. The molecule has 1 aliphatic carbocycles. The van der Waals surface area contributed by atoms with Gasteiger partial charge in [0, 0.05) is 18.0 Å². The fraction of sp³-hybridized carbons (Fsp3) is 0.167. The van der Waals surface area contributed by atoms with Crippen LogP contribution in [-0.2, 0) is 22.4 Å². The number of carbonyl (C=O) groups excluding carboxylic acids is 2. The number of primary amides is 2. The number of nitrogens with two attached hydrogens (primary N) is 2. The van der Waals surface area contributed by atoms with Gasteiger partial charge >= 0.3 is 0 Å². The maximum absolute atomic E-state index is 12.0. The van der Waals surface area contributed by atoms with Crippen molar-refractivity contribution in [2.24, 2.45) is 17.4 Å². The molecule has 0 aliphatic heterocycles. The highest BCUT2D eigenvalue weighted by Gasteiger charge is 2.33. The molecule has 122 valence electrons. The zero-order valence-electron chi connectivity index (χ0n) is 12.9. The van der Waals surface area contributed by atoms with E-state index in [4.69, 9.17) is 11.5 Å². The van der Waals surface area contributed by atoms with E-state index in [1.165, 1.54) is 6.07 Å². The molecule has 6 heteroatoms. The SMILES string of the molecule is NC(=O)C1=C(C(N)=O)C(Cc2ccncc2)Cc2cc(O)ccc21. The van der Waals surface area contributed by atoms with Gasteiger partial charge in [0.15, 0.2) is 0 Å². The minimum atomic E-state index is -0.699. The minimum Gasteiger partial charge on any atom is -0.508 e. The van der Waals surface area contributed by atoms with Crippen LogP contribution in [0.3, 0.4) is 0 Å². The van der Waals surface area contributed by atoms with E-state index in [-0.39, 0.29) is 22.8 Å². The van der Waals surface area contributed by atoms with Crippen molar-refractivity contribution in [3.8, 4) is 5.75 Å². The molecule has 1 aromatic carbocycles. The summed E-state index contributed by atoms with van der Waals surface area (Å²) in [5, 5.41) is 9.73. The Morgan fingerprint density at radius 2 is 1.83 bits per heavy atom. The largest absolute Gasteiger partial charge is 0.508 e. The first-order chi connectivity index (χ1) is 11.5. The van der Waals surface area contributed by atoms with E-state index in [1.54, 1.807) is 24.5 Å². The van der Waals surface area contributed by atoms with Crippen molar-refractivity contribution in [3.05, 3.63) is 65.0 Å². The number of amides is 2. The lowest BCUT2D eigenvalue weighted by molar-refractivity contribution is -0.116. The molecule has 0 fully saturated rings. The Labute approximate surface area is 138 Å². The summed E-state index contributed by atoms with van der Waals surface area (Å²) in [6.45, 7) is 0. The Bertz CT molecular complexity index is 844. The van der Waals surface area contributed by atoms with Crippen LogP contribution in [0.1, 0.15) is 16.7 Å². The number of aromatic nitrogens is 1. The zero-order chi connectivity index (χ0) is 17.3. The van der Waals surface area contributed by atoms with Gasteiger partial charge in [0.05, 0.1) is 5.57 Å². The maximum Gasteiger partial charge on any atom is 0.249 e. The fourth-order valence-electron chi connectivity index (χ4n) is 3.28. The summed E-state index contributed by atoms with van der Waals surface area (Å²) in [5.74, 6) is -1.54. The monoisotopic (exact) mass is 323 g/mol. The summed E-state index contributed by atoms with van der Waals surface area (Å²) in [4.78, 5) is 28.0. The zero-order valence-corrected chi connectivity index (χ0v) is 12.9. The average molecular weight is 323 g/mol. The molecule has 0 bridgehead atoms. The predicted molar refractivity (Wildman–Crippen MR) is 88.6 cm³/mol. The van der Waals surface area contributed by atoms with E-state index in [9.17, 15) is 14.7 Å². The number of pyridine rings is 1. The molecular formula is C18H17N3O3. The third kappa shape index (κ3) is 2.86. The third-order valence-corrected chi connectivity index (χ3v) is 4.25. The van der Waals surface area contributed by atoms with Gasteiger partial charge in [-0.3, -0.25) is 14.6 Å². The Morgan fingerprint density at radius 1 is 1.12 bits per heavy atom. The number of nitrogens with zero attached hydrogens (tertiary/aromatic N) is 1. The van der Waals surface area contributed by atoms with Crippen molar-refractivity contribution < 1.29 is 14.7 Å². The highest BCUT2D eigenvalue weighted by atomic mass is 16.3. The molecule has 1 aromatic heterocycles. The number of phenols is 1. The first kappa shape index (κ1) is 15.7. The molecule has 1 atom stereocenters. The Hall–Kier alpha value is -3.15. The van der Waals surface area contributed by atoms with Gasteiger partial charge in [0.25, 0.3) is 0 Å². The van der Waals surface area contributed by atoms with Gasteiger partial charge in [-0.25, -0.2) is 0 Å². The molecule has 2 amide bonds. The number of benzene rings is 1. The quantitative estimate of drug-likeness (QED) is 0.775. The first-order valence-corrected chi connectivity index (χ1v) is 7.52. The van der Waals surface area contributed by atoms with E-state index in [0.29, 0.717) is 18.4 Å². The summed E-state index contributed by atoms with van der Waals surface area (Å²) in [5.41, 5.74) is 13.8. The van der Waals surface area contributed by atoms with E-state index in [2.05, 4.69) is 4.98 Å². The summed E-state index contributed by atoms with van der Waals surface area (Å²) in [7, 11) is 0. The number of rotatable bonds is 4. The van der Waals surface area contributed by atoms with Gasteiger partial charge in [0.2, 0.25) is 11.8 Å². The van der Waals surface area contributed by atoms with Crippen molar-refractivity contribution in [3.63, 3.8) is 0 Å². The smallest absolute Gasteiger partial charge is 0.249 e. The number of fused-ring (bicyclic) bond motifs is 1. The second kappa shape index (κ2) is 6.16. The second-order valence-electron chi connectivity index (χ2n) is 5.82. The molecule has 24 heavy (non-hydrogen) atoms. The molecule has 2 aromatic rings. The lowest BCUT2D eigenvalue weighted by atomic mass is 9.75. The number of hydrogen-bond donors (Lipinski definition) is 3. The third-order valence-electron chi connectivity index (χ3n) is 4.25. The van der Waals surface area contributed by atoms with Gasteiger partial charge < -0.3 is 16.6 Å². The lowest BCUT2D eigenvalue weighted by Crippen LogP contribution is -2.32. The van der Waals surface area contributed by atoms with E-state index < -0.39 is 11.8 Å². The van der Waals surface area contributed by atoms with Crippen LogP contribution in [0, 0.1) is 5.92 Å². The minimum absolute atomic E-state index is 0.0998. The molecule has 3 rings (SSSR count). The van der Waals surface area contributed by atoms with E-state index in [1.807, 2.05) is 12.1 Å². The molecule has 6 nitrogen and oxygen atoms in total. The van der Waals surface area contributed by atoms with Crippen LogP contribution < -0.4 is 11.5 Å². The standard InChI is InChI=1S/C18H17N3O3/c19-17(23)15-12(7-10-3-5-21-6-4-10)8-11-9-13(22)1-2-14(11)16(15)18(20)24/h1-6,9,12,22H,7-8H2,(H2,19,23)(H2,20,24). The van der Waals surface area contributed by atoms with Crippen LogP contribution in [0.15, 0.2) is 48.3 Å². The molecule has 0 radical (unpaired) electrons. The molecule has 0 spiro atoms. The van der Waals surface area contributed by atoms with Crippen molar-refractivity contribution in [2.75, 3.05) is 0 Å². The summed E-state index contributed by atoms with van der Waals surface area (Å²) < 4.78 is 0. The maximum atomic E-state index is 12.0. The van der Waals surface area contributed by atoms with Crippen LogP contribution in [-0.4, -0.2) is 21.9 Å². The van der Waals surface area contributed by atoms with Gasteiger partial charge in [-0.2, -0.15) is 0 Å². The van der Waals surface area contributed by atoms with Crippen molar-refractivity contribution in [1.82, 2.24) is 4.98 Å². The summed E-state index contributed by atoms with van der Waals surface area (Å²) in [6, 6.07) is 8.34. The Balaban J connectivity index is 2.14. The Morgan fingerprint density at radius 3 is 2.46 bits per heavy atom. The van der Waals surface area contributed by atoms with Crippen LogP contribution in [0.4, 0.5) is 0 Å². The molecular weight excluding hydrogens is 306 g/mol. The molecule has 1 unspecified atom stereocenters. The fourth-order valence-corrected chi connectivity index (χ4v) is 3.28.